The number of para-hydroxylation sites is 1. The van der Waals surface area contributed by atoms with E-state index in [-0.39, 0.29) is 11.2 Å². The van der Waals surface area contributed by atoms with Gasteiger partial charge in [-0.25, -0.2) is 0 Å². The summed E-state index contributed by atoms with van der Waals surface area (Å²) >= 11 is 1.46. The monoisotopic (exact) mass is 356 g/mol. The van der Waals surface area contributed by atoms with Gasteiger partial charge < -0.3 is 9.64 Å². The number of hydrogen-bond acceptors (Lipinski definition) is 5. The predicted molar refractivity (Wildman–Crippen MR) is 97.9 cm³/mol. The minimum atomic E-state index is -0.217. The standard InChI is InChI=1S/C18H20N4O2S/c1-12-11-16-19-20-18(22(16)15-6-4-3-5-14(12)15)25-13(2)17(23)21-7-9-24-10-8-21/h3-6,11,13H,7-10H2,1-2H3/t13-/m1/s1. The summed E-state index contributed by atoms with van der Waals surface area (Å²) in [5.74, 6) is 0.126. The highest BCUT2D eigenvalue weighted by molar-refractivity contribution is 8.00. The molecule has 3 aromatic rings. The first-order valence-corrected chi connectivity index (χ1v) is 9.30. The van der Waals surface area contributed by atoms with Crippen molar-refractivity contribution in [2.75, 3.05) is 26.3 Å². The average Bonchev–Trinajstić information content (AvgIpc) is 3.04. The number of benzene rings is 1. The highest BCUT2D eigenvalue weighted by atomic mass is 32.2. The first-order chi connectivity index (χ1) is 12.1. The van der Waals surface area contributed by atoms with Crippen LogP contribution in [0.3, 0.4) is 0 Å². The molecule has 0 bridgehead atoms. The molecule has 0 unspecified atom stereocenters. The molecule has 0 spiro atoms. The van der Waals surface area contributed by atoms with Crippen LogP contribution in [0.2, 0.25) is 0 Å². The molecule has 2 aromatic heterocycles. The van der Waals surface area contributed by atoms with Gasteiger partial charge in [-0.1, -0.05) is 30.0 Å². The summed E-state index contributed by atoms with van der Waals surface area (Å²) in [6.45, 7) is 6.55. The number of fused-ring (bicyclic) bond motifs is 3. The number of morpholine rings is 1. The highest BCUT2D eigenvalue weighted by Gasteiger charge is 2.25. The number of amides is 1. The normalized spacial score (nSPS) is 16.5. The molecule has 1 aliphatic rings. The molecule has 0 aliphatic carbocycles. The molecule has 130 valence electrons. The zero-order valence-electron chi connectivity index (χ0n) is 14.3. The summed E-state index contributed by atoms with van der Waals surface area (Å²) in [5.41, 5.74) is 3.05. The summed E-state index contributed by atoms with van der Waals surface area (Å²) < 4.78 is 7.36. The molecule has 7 heteroatoms. The Bertz CT molecular complexity index is 933. The summed E-state index contributed by atoms with van der Waals surface area (Å²) in [6.07, 6.45) is 0. The quantitative estimate of drug-likeness (QED) is 0.675. The summed E-state index contributed by atoms with van der Waals surface area (Å²) in [6, 6.07) is 10.2. The lowest BCUT2D eigenvalue weighted by molar-refractivity contribution is -0.134. The third-order valence-corrected chi connectivity index (χ3v) is 5.56. The van der Waals surface area contributed by atoms with Crippen molar-refractivity contribution >= 4 is 34.2 Å². The Labute approximate surface area is 150 Å². The summed E-state index contributed by atoms with van der Waals surface area (Å²) in [5, 5.41) is 10.3. The van der Waals surface area contributed by atoms with Crippen LogP contribution in [-0.2, 0) is 9.53 Å². The van der Waals surface area contributed by atoms with E-state index in [2.05, 4.69) is 29.3 Å². The second-order valence-electron chi connectivity index (χ2n) is 6.22. The molecule has 1 aliphatic heterocycles. The van der Waals surface area contributed by atoms with Gasteiger partial charge in [0.15, 0.2) is 10.8 Å². The van der Waals surface area contributed by atoms with E-state index in [0.717, 1.165) is 16.3 Å². The van der Waals surface area contributed by atoms with Gasteiger partial charge in [0.2, 0.25) is 5.91 Å². The molecule has 1 amide bonds. The predicted octanol–water partition coefficient (Wildman–Crippen LogP) is 2.53. The van der Waals surface area contributed by atoms with Crippen LogP contribution in [0.25, 0.3) is 16.6 Å². The average molecular weight is 356 g/mol. The van der Waals surface area contributed by atoms with Gasteiger partial charge in [0.25, 0.3) is 0 Å². The van der Waals surface area contributed by atoms with Crippen molar-refractivity contribution in [2.24, 2.45) is 0 Å². The zero-order chi connectivity index (χ0) is 17.4. The lowest BCUT2D eigenvalue weighted by Gasteiger charge is -2.28. The molecule has 1 saturated heterocycles. The number of thioether (sulfide) groups is 1. The van der Waals surface area contributed by atoms with Gasteiger partial charge in [-0.2, -0.15) is 0 Å². The van der Waals surface area contributed by atoms with Crippen LogP contribution < -0.4 is 0 Å². The number of pyridine rings is 1. The second kappa shape index (κ2) is 6.65. The van der Waals surface area contributed by atoms with E-state index in [9.17, 15) is 4.79 Å². The van der Waals surface area contributed by atoms with Crippen molar-refractivity contribution in [1.82, 2.24) is 19.5 Å². The van der Waals surface area contributed by atoms with E-state index in [1.54, 1.807) is 0 Å². The molecular formula is C18H20N4O2S. The van der Waals surface area contributed by atoms with Gasteiger partial charge >= 0.3 is 0 Å². The molecule has 1 fully saturated rings. The molecule has 25 heavy (non-hydrogen) atoms. The van der Waals surface area contributed by atoms with Crippen molar-refractivity contribution in [2.45, 2.75) is 24.3 Å². The van der Waals surface area contributed by atoms with E-state index in [4.69, 9.17) is 4.74 Å². The highest BCUT2D eigenvalue weighted by Crippen LogP contribution is 2.28. The van der Waals surface area contributed by atoms with Crippen molar-refractivity contribution in [3.63, 3.8) is 0 Å². The van der Waals surface area contributed by atoms with E-state index >= 15 is 0 Å². The SMILES string of the molecule is Cc1cc2nnc(S[C@H](C)C(=O)N3CCOCC3)n2c2ccccc12. The fourth-order valence-electron chi connectivity index (χ4n) is 3.20. The van der Waals surface area contributed by atoms with Crippen LogP contribution in [0.15, 0.2) is 35.5 Å². The van der Waals surface area contributed by atoms with E-state index < -0.39 is 0 Å². The van der Waals surface area contributed by atoms with Gasteiger partial charge in [-0.3, -0.25) is 9.20 Å². The molecule has 0 saturated carbocycles. The van der Waals surface area contributed by atoms with Crippen LogP contribution >= 0.6 is 11.8 Å². The minimum Gasteiger partial charge on any atom is -0.378 e. The topological polar surface area (TPSA) is 59.7 Å². The van der Waals surface area contributed by atoms with Crippen molar-refractivity contribution in [1.29, 1.82) is 0 Å². The molecule has 0 radical (unpaired) electrons. The number of ether oxygens (including phenoxy) is 1. The summed E-state index contributed by atoms with van der Waals surface area (Å²) in [4.78, 5) is 14.5. The number of hydrogen-bond donors (Lipinski definition) is 0. The molecular weight excluding hydrogens is 336 g/mol. The zero-order valence-corrected chi connectivity index (χ0v) is 15.1. The number of rotatable bonds is 3. The fraction of sp³-hybridized carbons (Fsp3) is 0.389. The van der Waals surface area contributed by atoms with Crippen LogP contribution in [0, 0.1) is 6.92 Å². The van der Waals surface area contributed by atoms with Crippen molar-refractivity contribution in [3.05, 3.63) is 35.9 Å². The molecule has 1 atom stereocenters. The maximum Gasteiger partial charge on any atom is 0.236 e. The van der Waals surface area contributed by atoms with Gasteiger partial charge in [0, 0.05) is 18.5 Å². The van der Waals surface area contributed by atoms with Crippen LogP contribution in [-0.4, -0.2) is 57.0 Å². The number of carbonyl (C=O) groups excluding carboxylic acids is 1. The second-order valence-corrected chi connectivity index (χ2v) is 7.53. The Morgan fingerprint density at radius 3 is 2.80 bits per heavy atom. The lowest BCUT2D eigenvalue weighted by Crippen LogP contribution is -2.44. The summed E-state index contributed by atoms with van der Waals surface area (Å²) in [7, 11) is 0. The van der Waals surface area contributed by atoms with Crippen LogP contribution in [0.4, 0.5) is 0 Å². The molecule has 4 rings (SSSR count). The van der Waals surface area contributed by atoms with Crippen molar-refractivity contribution < 1.29 is 9.53 Å². The smallest absolute Gasteiger partial charge is 0.236 e. The minimum absolute atomic E-state index is 0.126. The Kier molecular flexibility index (Phi) is 4.35. The van der Waals surface area contributed by atoms with Gasteiger partial charge in [-0.15, -0.1) is 10.2 Å². The van der Waals surface area contributed by atoms with E-state index in [0.29, 0.717) is 26.3 Å². The Morgan fingerprint density at radius 2 is 2.00 bits per heavy atom. The lowest BCUT2D eigenvalue weighted by atomic mass is 10.1. The number of aromatic nitrogens is 3. The van der Waals surface area contributed by atoms with Crippen LogP contribution in [0.5, 0.6) is 0 Å². The fourth-order valence-corrected chi connectivity index (χ4v) is 4.15. The number of aryl methyl sites for hydroxylation is 1. The first-order valence-electron chi connectivity index (χ1n) is 8.42. The molecule has 1 aromatic carbocycles. The Morgan fingerprint density at radius 1 is 1.24 bits per heavy atom. The first kappa shape index (κ1) is 16.4. The Hall–Kier alpha value is -2.12. The molecule has 6 nitrogen and oxygen atoms in total. The number of carbonyl (C=O) groups is 1. The maximum atomic E-state index is 12.7. The third kappa shape index (κ3) is 2.98. The van der Waals surface area contributed by atoms with E-state index in [1.165, 1.54) is 22.7 Å². The largest absolute Gasteiger partial charge is 0.378 e. The van der Waals surface area contributed by atoms with Crippen LogP contribution in [0.1, 0.15) is 12.5 Å². The van der Waals surface area contributed by atoms with Gasteiger partial charge in [-0.05, 0) is 31.5 Å². The van der Waals surface area contributed by atoms with Gasteiger partial charge in [0.05, 0.1) is 24.0 Å². The third-order valence-electron chi connectivity index (χ3n) is 4.53. The molecule has 3 heterocycles. The number of nitrogens with zero attached hydrogens (tertiary/aromatic N) is 4. The van der Waals surface area contributed by atoms with Gasteiger partial charge in [0.1, 0.15) is 0 Å². The molecule has 0 N–H and O–H groups in total. The maximum absolute atomic E-state index is 12.7. The van der Waals surface area contributed by atoms with E-state index in [1.807, 2.05) is 34.4 Å². The van der Waals surface area contributed by atoms with Crippen molar-refractivity contribution in [3.8, 4) is 0 Å². The Balaban J connectivity index is 1.67.